The molecule has 1 aromatic heterocycles. The lowest BCUT2D eigenvalue weighted by Crippen LogP contribution is -2.49. The summed E-state index contributed by atoms with van der Waals surface area (Å²) < 4.78 is 0. The zero-order valence-corrected chi connectivity index (χ0v) is 12.4. The minimum absolute atomic E-state index is 0.0102. The largest absolute Gasteiger partial charge is 0.480 e. The number of carbonyl (C=O) groups is 3. The van der Waals surface area contributed by atoms with Gasteiger partial charge in [-0.05, 0) is 30.3 Å². The highest BCUT2D eigenvalue weighted by Gasteiger charge is 2.37. The van der Waals surface area contributed by atoms with Gasteiger partial charge in [0.25, 0.3) is 11.8 Å². The van der Waals surface area contributed by atoms with Crippen LogP contribution in [0.5, 0.6) is 0 Å². The predicted octanol–water partition coefficient (Wildman–Crippen LogP) is 0.304. The second-order valence-electron chi connectivity index (χ2n) is 5.00. The second kappa shape index (κ2) is 6.68. The minimum atomic E-state index is -0.921. The highest BCUT2D eigenvalue weighted by Crippen LogP contribution is 2.23. The molecule has 114 valence electrons. The van der Waals surface area contributed by atoms with Gasteiger partial charge >= 0.3 is 5.97 Å². The van der Waals surface area contributed by atoms with Gasteiger partial charge in [-0.1, -0.05) is 13.0 Å². The lowest BCUT2D eigenvalue weighted by Gasteiger charge is -2.22. The number of aliphatic carboxylic acids is 1. The summed E-state index contributed by atoms with van der Waals surface area (Å²) in [6.07, 6.45) is 0.742. The Balaban J connectivity index is 1.82. The lowest BCUT2D eigenvalue weighted by atomic mass is 10.0. The molecule has 0 spiro atoms. The molecular formula is C13H17N3O4S. The first-order valence-corrected chi connectivity index (χ1v) is 7.46. The minimum Gasteiger partial charge on any atom is -0.480 e. The molecule has 2 atom stereocenters. The Morgan fingerprint density at radius 3 is 2.81 bits per heavy atom. The number of thiophene rings is 1. The zero-order valence-electron chi connectivity index (χ0n) is 11.5. The smallest absolute Gasteiger partial charge is 0.321 e. The van der Waals surface area contributed by atoms with Crippen LogP contribution >= 0.6 is 11.3 Å². The molecule has 0 aromatic carbocycles. The Morgan fingerprint density at radius 2 is 2.19 bits per heavy atom. The van der Waals surface area contributed by atoms with Gasteiger partial charge in [-0.25, -0.2) is 0 Å². The molecule has 2 amide bonds. The number of hydrazine groups is 1. The van der Waals surface area contributed by atoms with Crippen LogP contribution in [0.1, 0.15) is 23.0 Å². The molecule has 1 saturated heterocycles. The van der Waals surface area contributed by atoms with E-state index >= 15 is 0 Å². The van der Waals surface area contributed by atoms with Crippen molar-refractivity contribution in [2.75, 3.05) is 13.1 Å². The molecule has 0 aliphatic carbocycles. The molecule has 2 heterocycles. The summed E-state index contributed by atoms with van der Waals surface area (Å²) >= 11 is 1.27. The molecule has 0 bridgehead atoms. The number of carboxylic acid groups (broad SMARTS) is 1. The standard InChI is InChI=1S/C13H17N3O4S/c1-8-4-5-16(11(8)13(19)20)7-10(17)14-15-12(18)9-3-2-6-21-9/h2-3,6,8,11H,4-5,7H2,1H3,(H,14,17)(H,15,18)(H,19,20). The molecule has 1 aromatic rings. The fraction of sp³-hybridized carbons (Fsp3) is 0.462. The lowest BCUT2D eigenvalue weighted by molar-refractivity contribution is -0.143. The molecule has 1 fully saturated rings. The molecule has 2 rings (SSSR count). The van der Waals surface area contributed by atoms with E-state index < -0.39 is 17.9 Å². The molecule has 21 heavy (non-hydrogen) atoms. The van der Waals surface area contributed by atoms with Gasteiger partial charge in [0.15, 0.2) is 0 Å². The van der Waals surface area contributed by atoms with E-state index in [9.17, 15) is 14.4 Å². The average Bonchev–Trinajstić information content (AvgIpc) is 3.06. The van der Waals surface area contributed by atoms with E-state index in [4.69, 9.17) is 5.11 Å². The summed E-state index contributed by atoms with van der Waals surface area (Å²) in [5, 5.41) is 10.9. The number of amides is 2. The van der Waals surface area contributed by atoms with Crippen LogP contribution in [-0.2, 0) is 9.59 Å². The molecule has 0 radical (unpaired) electrons. The molecule has 2 unspecified atom stereocenters. The van der Waals surface area contributed by atoms with Gasteiger partial charge in [-0.15, -0.1) is 11.3 Å². The van der Waals surface area contributed by atoms with Crippen molar-refractivity contribution in [2.45, 2.75) is 19.4 Å². The third-order valence-electron chi connectivity index (χ3n) is 3.46. The van der Waals surface area contributed by atoms with Crippen molar-refractivity contribution >= 4 is 29.1 Å². The van der Waals surface area contributed by atoms with Gasteiger partial charge in [0.05, 0.1) is 11.4 Å². The summed E-state index contributed by atoms with van der Waals surface area (Å²) in [6, 6.07) is 2.74. The zero-order chi connectivity index (χ0) is 15.4. The summed E-state index contributed by atoms with van der Waals surface area (Å²) in [4.78, 5) is 36.7. The van der Waals surface area contributed by atoms with Crippen LogP contribution in [0.15, 0.2) is 17.5 Å². The van der Waals surface area contributed by atoms with Crippen LogP contribution in [0.2, 0.25) is 0 Å². The van der Waals surface area contributed by atoms with E-state index in [-0.39, 0.29) is 18.4 Å². The van der Waals surface area contributed by atoms with Crippen molar-refractivity contribution < 1.29 is 19.5 Å². The van der Waals surface area contributed by atoms with Crippen LogP contribution in [0.3, 0.4) is 0 Å². The number of likely N-dealkylation sites (tertiary alicyclic amines) is 1. The number of carbonyl (C=O) groups excluding carboxylic acids is 2. The Bertz CT molecular complexity index is 532. The topological polar surface area (TPSA) is 98.7 Å². The van der Waals surface area contributed by atoms with E-state index in [1.54, 1.807) is 22.4 Å². The van der Waals surface area contributed by atoms with Crippen LogP contribution in [0, 0.1) is 5.92 Å². The monoisotopic (exact) mass is 311 g/mol. The first-order valence-electron chi connectivity index (χ1n) is 6.58. The quantitative estimate of drug-likeness (QED) is 0.695. The Labute approximate surface area is 125 Å². The molecule has 3 N–H and O–H groups in total. The Morgan fingerprint density at radius 1 is 1.43 bits per heavy atom. The Hall–Kier alpha value is -1.93. The molecular weight excluding hydrogens is 294 g/mol. The van der Waals surface area contributed by atoms with E-state index in [1.165, 1.54) is 11.3 Å². The van der Waals surface area contributed by atoms with Gasteiger partial charge in [0.1, 0.15) is 6.04 Å². The van der Waals surface area contributed by atoms with Gasteiger partial charge < -0.3 is 5.11 Å². The third-order valence-corrected chi connectivity index (χ3v) is 4.33. The van der Waals surface area contributed by atoms with Gasteiger partial charge in [-0.3, -0.25) is 30.1 Å². The van der Waals surface area contributed by atoms with Gasteiger partial charge in [-0.2, -0.15) is 0 Å². The molecule has 1 aliphatic heterocycles. The fourth-order valence-corrected chi connectivity index (χ4v) is 3.04. The van der Waals surface area contributed by atoms with Crippen LogP contribution in [-0.4, -0.2) is 46.9 Å². The normalized spacial score (nSPS) is 22.0. The van der Waals surface area contributed by atoms with Crippen molar-refractivity contribution in [3.63, 3.8) is 0 Å². The number of nitrogens with one attached hydrogen (secondary N) is 2. The average molecular weight is 311 g/mol. The van der Waals surface area contributed by atoms with Crippen molar-refractivity contribution in [1.29, 1.82) is 0 Å². The summed E-state index contributed by atoms with van der Waals surface area (Å²) in [5.74, 6) is -1.73. The Kier molecular flexibility index (Phi) is 4.92. The van der Waals surface area contributed by atoms with Gasteiger partial charge in [0.2, 0.25) is 0 Å². The van der Waals surface area contributed by atoms with Crippen molar-refractivity contribution in [2.24, 2.45) is 5.92 Å². The first kappa shape index (κ1) is 15.5. The molecule has 0 saturated carbocycles. The number of hydrogen-bond acceptors (Lipinski definition) is 5. The first-order chi connectivity index (χ1) is 9.99. The van der Waals surface area contributed by atoms with E-state index in [1.807, 2.05) is 6.92 Å². The van der Waals surface area contributed by atoms with Crippen molar-refractivity contribution in [1.82, 2.24) is 15.8 Å². The SMILES string of the molecule is CC1CCN(CC(=O)NNC(=O)c2cccs2)C1C(=O)O. The number of nitrogens with zero attached hydrogens (tertiary/aromatic N) is 1. The molecule has 1 aliphatic rings. The highest BCUT2D eigenvalue weighted by atomic mass is 32.1. The van der Waals surface area contributed by atoms with Crippen LogP contribution in [0.4, 0.5) is 0 Å². The highest BCUT2D eigenvalue weighted by molar-refractivity contribution is 7.12. The number of hydrogen-bond donors (Lipinski definition) is 3. The maximum atomic E-state index is 11.8. The maximum absolute atomic E-state index is 11.8. The molecule has 8 heteroatoms. The number of rotatable bonds is 4. The summed E-state index contributed by atoms with van der Waals surface area (Å²) in [7, 11) is 0. The van der Waals surface area contributed by atoms with Gasteiger partial charge in [0, 0.05) is 0 Å². The fourth-order valence-electron chi connectivity index (χ4n) is 2.42. The summed E-state index contributed by atoms with van der Waals surface area (Å²) in [5.41, 5.74) is 4.62. The van der Waals surface area contributed by atoms with Crippen LogP contribution < -0.4 is 10.9 Å². The molecule has 7 nitrogen and oxygen atoms in total. The number of carboxylic acids is 1. The second-order valence-corrected chi connectivity index (χ2v) is 5.95. The third kappa shape index (κ3) is 3.79. The predicted molar refractivity (Wildman–Crippen MR) is 76.7 cm³/mol. The van der Waals surface area contributed by atoms with E-state index in [0.29, 0.717) is 11.4 Å². The summed E-state index contributed by atoms with van der Waals surface area (Å²) in [6.45, 7) is 2.37. The van der Waals surface area contributed by atoms with Crippen molar-refractivity contribution in [3.05, 3.63) is 22.4 Å². The van der Waals surface area contributed by atoms with E-state index in [0.717, 1.165) is 6.42 Å². The maximum Gasteiger partial charge on any atom is 0.321 e. The van der Waals surface area contributed by atoms with E-state index in [2.05, 4.69) is 10.9 Å². The van der Waals surface area contributed by atoms with Crippen LogP contribution in [0.25, 0.3) is 0 Å². The van der Waals surface area contributed by atoms with Crippen molar-refractivity contribution in [3.8, 4) is 0 Å².